The minimum atomic E-state index is -0.425. The zero-order chi connectivity index (χ0) is 27.5. The van der Waals surface area contributed by atoms with Gasteiger partial charge in [0.2, 0.25) is 0 Å². The fraction of sp³-hybridized carbons (Fsp3) is 0.167. The predicted octanol–water partition coefficient (Wildman–Crippen LogP) is 7.96. The van der Waals surface area contributed by atoms with Crippen molar-refractivity contribution in [2.24, 2.45) is 0 Å². The van der Waals surface area contributed by atoms with E-state index in [4.69, 9.17) is 10.2 Å². The van der Waals surface area contributed by atoms with Crippen molar-refractivity contribution in [2.75, 3.05) is 0 Å². The molecule has 0 fully saturated rings. The topological polar surface area (TPSA) is 35.6 Å². The predicted molar refractivity (Wildman–Crippen MR) is 160 cm³/mol. The van der Waals surface area contributed by atoms with Crippen molar-refractivity contribution in [3.05, 3.63) is 144 Å². The molecule has 4 nitrogen and oxygen atoms in total. The molecular weight excluding hydrogens is 684 g/mol. The van der Waals surface area contributed by atoms with Crippen LogP contribution >= 0.6 is 0 Å². The molecular formula is C36H30N4Pt. The molecule has 41 heavy (non-hydrogen) atoms. The fourth-order valence-corrected chi connectivity index (χ4v) is 5.74. The summed E-state index contributed by atoms with van der Waals surface area (Å²) in [6, 6.07) is 41.1. The molecule has 0 amide bonds. The molecule has 1 aliphatic heterocycles. The van der Waals surface area contributed by atoms with Crippen molar-refractivity contribution in [3.8, 4) is 33.6 Å². The Balaban J connectivity index is 0.00000302. The van der Waals surface area contributed by atoms with E-state index < -0.39 is 10.8 Å². The maximum Gasteiger partial charge on any atom is 2.00 e. The summed E-state index contributed by atoms with van der Waals surface area (Å²) >= 11 is 0. The van der Waals surface area contributed by atoms with Crippen molar-refractivity contribution < 1.29 is 21.1 Å². The summed E-state index contributed by atoms with van der Waals surface area (Å²) in [5, 5.41) is 10.5. The largest absolute Gasteiger partial charge is 2.00 e. The third-order valence-corrected chi connectivity index (χ3v) is 8.18. The Morgan fingerprint density at radius 3 is 1.29 bits per heavy atom. The minimum Gasteiger partial charge on any atom is -0.265 e. The van der Waals surface area contributed by atoms with Gasteiger partial charge >= 0.3 is 21.1 Å². The second-order valence-electron chi connectivity index (χ2n) is 11.6. The molecule has 2 aromatic heterocycles. The molecule has 6 aromatic rings. The van der Waals surface area contributed by atoms with E-state index in [-0.39, 0.29) is 21.1 Å². The van der Waals surface area contributed by atoms with Gasteiger partial charge < -0.3 is 0 Å². The number of hydrogen-bond acceptors (Lipinski definition) is 2. The van der Waals surface area contributed by atoms with Crippen molar-refractivity contribution in [2.45, 2.75) is 38.5 Å². The van der Waals surface area contributed by atoms with Crippen molar-refractivity contribution >= 4 is 0 Å². The Labute approximate surface area is 256 Å². The van der Waals surface area contributed by atoms with E-state index in [1.54, 1.807) is 0 Å². The zero-order valence-electron chi connectivity index (χ0n) is 23.5. The molecule has 0 spiro atoms. The normalized spacial score (nSPS) is 14.5. The Morgan fingerprint density at radius 2 is 0.902 bits per heavy atom. The van der Waals surface area contributed by atoms with E-state index in [9.17, 15) is 0 Å². The number of hydrogen-bond donors (Lipinski definition) is 0. The smallest absolute Gasteiger partial charge is 0.265 e. The van der Waals surface area contributed by atoms with Crippen LogP contribution in [0.3, 0.4) is 0 Å². The Hall–Kier alpha value is -4.01. The quantitative estimate of drug-likeness (QED) is 0.171. The average molecular weight is 714 g/mol. The third-order valence-electron chi connectivity index (χ3n) is 8.18. The maximum absolute atomic E-state index is 5.23. The molecule has 204 valence electrons. The average Bonchev–Trinajstić information content (AvgIpc) is 3.65. The van der Waals surface area contributed by atoms with Gasteiger partial charge in [0.05, 0.1) is 11.4 Å². The fourth-order valence-electron chi connectivity index (χ4n) is 5.74. The number of benzene rings is 4. The van der Waals surface area contributed by atoms with Crippen molar-refractivity contribution in [3.63, 3.8) is 0 Å². The summed E-state index contributed by atoms with van der Waals surface area (Å²) < 4.78 is 3.96. The summed E-state index contributed by atoms with van der Waals surface area (Å²) in [7, 11) is 0. The molecule has 0 unspecified atom stereocenters. The molecule has 7 rings (SSSR count). The van der Waals surface area contributed by atoms with Gasteiger partial charge in [0, 0.05) is 34.4 Å². The van der Waals surface area contributed by atoms with Gasteiger partial charge in [-0.1, -0.05) is 88.4 Å². The van der Waals surface area contributed by atoms with Crippen LogP contribution < -0.4 is 0 Å². The van der Waals surface area contributed by atoms with Crippen LogP contribution in [-0.4, -0.2) is 19.6 Å². The molecule has 3 heterocycles. The van der Waals surface area contributed by atoms with Gasteiger partial charge in [0.1, 0.15) is 0 Å². The van der Waals surface area contributed by atoms with Gasteiger partial charge in [-0.3, -0.25) is 9.36 Å². The van der Waals surface area contributed by atoms with E-state index in [0.717, 1.165) is 56.1 Å². The van der Waals surface area contributed by atoms with Crippen LogP contribution in [0, 0.1) is 12.1 Å². The first-order chi connectivity index (χ1) is 19.3. The number of rotatable bonds is 2. The van der Waals surface area contributed by atoms with E-state index in [1.807, 2.05) is 21.5 Å². The molecule has 0 N–H and O–H groups in total. The summed E-state index contributed by atoms with van der Waals surface area (Å²) in [6.45, 7) is 8.89. The van der Waals surface area contributed by atoms with Crippen LogP contribution in [0.2, 0.25) is 0 Å². The first kappa shape index (κ1) is 27.2. The molecule has 1 aliphatic rings. The first-order valence-electron chi connectivity index (χ1n) is 13.7. The molecule has 0 saturated carbocycles. The van der Waals surface area contributed by atoms with Gasteiger partial charge in [-0.25, -0.2) is 0 Å². The van der Waals surface area contributed by atoms with E-state index in [0.29, 0.717) is 0 Å². The molecule has 0 aliphatic carbocycles. The summed E-state index contributed by atoms with van der Waals surface area (Å²) in [6.07, 6.45) is 4.28. The van der Waals surface area contributed by atoms with Crippen LogP contribution in [0.4, 0.5) is 0 Å². The van der Waals surface area contributed by atoms with Crippen LogP contribution in [0.5, 0.6) is 0 Å². The van der Waals surface area contributed by atoms with E-state index in [1.165, 1.54) is 0 Å². The zero-order valence-corrected chi connectivity index (χ0v) is 25.8. The minimum absolute atomic E-state index is 0. The van der Waals surface area contributed by atoms with E-state index >= 15 is 0 Å². The Morgan fingerprint density at radius 1 is 0.512 bits per heavy atom. The van der Waals surface area contributed by atoms with Gasteiger partial charge in [-0.2, -0.15) is 46.6 Å². The van der Waals surface area contributed by atoms with Crippen LogP contribution in [0.15, 0.2) is 109 Å². The standard InChI is InChI=1S/C36H30N4.Pt/c1-35(2)27-17-11-19-29(21-27)40-24-32(26-15-9-6-10-16-26)34(38-40)36(3,4)28-18-12-20-30(22-28)39-23-31(33(35)37-39)25-13-7-5-8-14-25;/h5-20,23-24H,1-4H3;/q-2;+2. The SMILES string of the molecule is CC1(C)c2[c-]c(ccc2)-n2cc(-c3ccccc3)c(n2)C(C)(C)c2[c-]c(ccc2)-n2cc(-c3ccccc3)c1n2.[Pt+2]. The second kappa shape index (κ2) is 10.1. The molecule has 0 atom stereocenters. The molecule has 8 bridgehead atoms. The maximum atomic E-state index is 5.23. The van der Waals surface area contributed by atoms with Crippen LogP contribution in [0.1, 0.15) is 50.2 Å². The Bertz CT molecular complexity index is 1710. The molecule has 4 aromatic carbocycles. The second-order valence-corrected chi connectivity index (χ2v) is 11.6. The van der Waals surface area contributed by atoms with Crippen LogP contribution in [-0.2, 0) is 31.9 Å². The molecule has 0 saturated heterocycles. The summed E-state index contributed by atoms with van der Waals surface area (Å²) in [5.74, 6) is 0. The number of aromatic nitrogens is 4. The summed E-state index contributed by atoms with van der Waals surface area (Å²) in [5.41, 5.74) is 9.53. The summed E-state index contributed by atoms with van der Waals surface area (Å²) in [4.78, 5) is 0. The molecule has 0 radical (unpaired) electrons. The first-order valence-corrected chi connectivity index (χ1v) is 13.7. The number of nitrogens with zero attached hydrogens (tertiary/aromatic N) is 4. The van der Waals surface area contributed by atoms with Gasteiger partial charge in [-0.05, 0) is 22.5 Å². The van der Waals surface area contributed by atoms with Gasteiger partial charge in [-0.15, -0.1) is 23.3 Å². The molecule has 5 heteroatoms. The van der Waals surface area contributed by atoms with Crippen molar-refractivity contribution in [1.82, 2.24) is 19.6 Å². The number of fused-ring (bicyclic) bond motifs is 10. The van der Waals surface area contributed by atoms with E-state index in [2.05, 4.69) is 137 Å². The van der Waals surface area contributed by atoms with Gasteiger partial charge in [0.15, 0.2) is 0 Å². The van der Waals surface area contributed by atoms with Crippen molar-refractivity contribution in [1.29, 1.82) is 0 Å². The third kappa shape index (κ3) is 4.51. The Kier molecular flexibility index (Phi) is 6.71. The van der Waals surface area contributed by atoms with Crippen LogP contribution in [0.25, 0.3) is 33.6 Å². The monoisotopic (exact) mass is 713 g/mol. The van der Waals surface area contributed by atoms with Gasteiger partial charge in [0.25, 0.3) is 0 Å².